The third-order valence-corrected chi connectivity index (χ3v) is 4.58. The molecule has 0 spiro atoms. The molecule has 3 rings (SSSR count). The average Bonchev–Trinajstić information content (AvgIpc) is 3.11. The Labute approximate surface area is 144 Å². The number of ether oxygens (including phenoxy) is 1. The van der Waals surface area contributed by atoms with Crippen LogP contribution in [0.2, 0.25) is 0 Å². The Morgan fingerprint density at radius 1 is 1.12 bits per heavy atom. The molecule has 0 saturated heterocycles. The maximum Gasteiger partial charge on any atom is 0.262 e. The Hall–Kier alpha value is -2.57. The number of nitrogens with one attached hydrogen (secondary N) is 1. The number of anilines is 1. The molecule has 5 nitrogen and oxygen atoms in total. The highest BCUT2D eigenvalue weighted by Crippen LogP contribution is 2.28. The Morgan fingerprint density at radius 3 is 2.54 bits per heavy atom. The van der Waals surface area contributed by atoms with E-state index in [0.717, 1.165) is 17.0 Å². The van der Waals surface area contributed by atoms with Crippen molar-refractivity contribution < 1.29 is 9.53 Å². The first-order valence-electron chi connectivity index (χ1n) is 7.42. The van der Waals surface area contributed by atoms with E-state index in [4.69, 9.17) is 4.74 Å². The summed E-state index contributed by atoms with van der Waals surface area (Å²) in [5.74, 6) is -0.266. The third-order valence-electron chi connectivity index (χ3n) is 3.82. The number of methoxy groups -OCH3 is 1. The molecule has 0 radical (unpaired) electrons. The van der Waals surface area contributed by atoms with Gasteiger partial charge in [0.05, 0.1) is 5.69 Å². The van der Waals surface area contributed by atoms with E-state index in [9.17, 15) is 4.79 Å². The highest BCUT2D eigenvalue weighted by atomic mass is 32.1. The zero-order valence-corrected chi connectivity index (χ0v) is 14.2. The monoisotopic (exact) mass is 339 g/mol. The van der Waals surface area contributed by atoms with Crippen LogP contribution in [0.15, 0.2) is 60.1 Å². The van der Waals surface area contributed by atoms with Crippen LogP contribution in [0.5, 0.6) is 0 Å². The number of hydrogen-bond acceptors (Lipinski definition) is 5. The average molecular weight is 339 g/mol. The van der Waals surface area contributed by atoms with Crippen molar-refractivity contribution in [2.75, 3.05) is 12.4 Å². The number of thiazole rings is 1. The summed E-state index contributed by atoms with van der Waals surface area (Å²) in [6.45, 7) is 1.74. The minimum Gasteiger partial charge on any atom is -0.364 e. The predicted molar refractivity (Wildman–Crippen MR) is 94.8 cm³/mol. The Morgan fingerprint density at radius 2 is 1.88 bits per heavy atom. The number of rotatable bonds is 5. The van der Waals surface area contributed by atoms with E-state index >= 15 is 0 Å². The summed E-state index contributed by atoms with van der Waals surface area (Å²) in [5, 5.41) is 5.22. The summed E-state index contributed by atoms with van der Waals surface area (Å²) >= 11 is 1.36. The molecule has 1 amide bonds. The molecule has 0 bridgehead atoms. The number of nitrogens with zero attached hydrogens (tertiary/aromatic N) is 2. The number of amides is 1. The van der Waals surface area contributed by atoms with E-state index in [0.29, 0.717) is 5.13 Å². The molecule has 122 valence electrons. The largest absolute Gasteiger partial charge is 0.364 e. The Balaban J connectivity index is 1.81. The van der Waals surface area contributed by atoms with Crippen LogP contribution in [-0.2, 0) is 15.1 Å². The minimum absolute atomic E-state index is 0.266. The molecule has 0 aliphatic carbocycles. The summed E-state index contributed by atoms with van der Waals surface area (Å²) in [6, 6.07) is 15.0. The maximum atomic E-state index is 12.7. The van der Waals surface area contributed by atoms with Gasteiger partial charge in [-0.2, -0.15) is 0 Å². The smallest absolute Gasteiger partial charge is 0.262 e. The fourth-order valence-corrected chi connectivity index (χ4v) is 2.98. The van der Waals surface area contributed by atoms with E-state index in [1.807, 2.05) is 53.9 Å². The van der Waals surface area contributed by atoms with E-state index in [1.165, 1.54) is 18.4 Å². The zero-order valence-electron chi connectivity index (χ0n) is 13.4. The van der Waals surface area contributed by atoms with Crippen molar-refractivity contribution in [2.45, 2.75) is 12.5 Å². The lowest BCUT2D eigenvalue weighted by Crippen LogP contribution is -2.39. The summed E-state index contributed by atoms with van der Waals surface area (Å²) in [4.78, 5) is 21.4. The van der Waals surface area contributed by atoms with Crippen molar-refractivity contribution in [3.63, 3.8) is 0 Å². The molecule has 0 fully saturated rings. The minimum atomic E-state index is -1.09. The molecule has 1 aromatic carbocycles. The Bertz CT molecular complexity index is 821. The standard InChI is InChI=1S/C18H17N3O2S/c1-18(23-2,13-8-4-3-5-9-13)16(22)21-17-20-15(12-24-17)14-10-6-7-11-19-14/h3-12H,1-2H3,(H,20,21,22)/t18-/m1/s1. The summed E-state index contributed by atoms with van der Waals surface area (Å²) in [7, 11) is 1.52. The first kappa shape index (κ1) is 16.3. The number of carbonyl (C=O) groups is 1. The van der Waals surface area contributed by atoms with Gasteiger partial charge in [-0.05, 0) is 24.6 Å². The van der Waals surface area contributed by atoms with Crippen LogP contribution >= 0.6 is 11.3 Å². The molecule has 1 atom stereocenters. The van der Waals surface area contributed by atoms with Gasteiger partial charge in [-0.3, -0.25) is 15.1 Å². The van der Waals surface area contributed by atoms with Crippen molar-refractivity contribution in [2.24, 2.45) is 0 Å². The van der Waals surface area contributed by atoms with Crippen LogP contribution in [0, 0.1) is 0 Å². The van der Waals surface area contributed by atoms with Gasteiger partial charge in [0.25, 0.3) is 5.91 Å². The van der Waals surface area contributed by atoms with E-state index < -0.39 is 5.60 Å². The second kappa shape index (κ2) is 6.90. The molecule has 1 N–H and O–H groups in total. The predicted octanol–water partition coefficient (Wildman–Crippen LogP) is 3.71. The fourth-order valence-electron chi connectivity index (χ4n) is 2.28. The molecule has 3 aromatic rings. The van der Waals surface area contributed by atoms with Crippen molar-refractivity contribution in [1.82, 2.24) is 9.97 Å². The lowest BCUT2D eigenvalue weighted by molar-refractivity contribution is -0.136. The summed E-state index contributed by atoms with van der Waals surface area (Å²) in [5.41, 5.74) is 1.20. The number of benzene rings is 1. The molecular weight excluding hydrogens is 322 g/mol. The van der Waals surface area contributed by atoms with E-state index in [1.54, 1.807) is 13.1 Å². The van der Waals surface area contributed by atoms with Gasteiger partial charge < -0.3 is 4.74 Å². The van der Waals surface area contributed by atoms with Gasteiger partial charge >= 0.3 is 0 Å². The molecule has 0 aliphatic rings. The van der Waals surface area contributed by atoms with Crippen LogP contribution in [-0.4, -0.2) is 23.0 Å². The molecule has 6 heteroatoms. The van der Waals surface area contributed by atoms with Crippen LogP contribution in [0.25, 0.3) is 11.4 Å². The second-order valence-corrected chi connectivity index (χ2v) is 6.17. The van der Waals surface area contributed by atoms with Crippen LogP contribution in [0.1, 0.15) is 12.5 Å². The third kappa shape index (κ3) is 3.20. The zero-order chi connectivity index (χ0) is 17.0. The van der Waals surface area contributed by atoms with Gasteiger partial charge in [-0.25, -0.2) is 4.98 Å². The maximum absolute atomic E-state index is 12.7. The highest BCUT2D eigenvalue weighted by Gasteiger charge is 2.35. The number of carbonyl (C=O) groups excluding carboxylic acids is 1. The molecule has 0 unspecified atom stereocenters. The van der Waals surface area contributed by atoms with Crippen molar-refractivity contribution in [1.29, 1.82) is 0 Å². The molecule has 0 saturated carbocycles. The first-order chi connectivity index (χ1) is 11.6. The van der Waals surface area contributed by atoms with Crippen molar-refractivity contribution >= 4 is 22.4 Å². The van der Waals surface area contributed by atoms with Gasteiger partial charge in [-0.15, -0.1) is 11.3 Å². The topological polar surface area (TPSA) is 64.1 Å². The highest BCUT2D eigenvalue weighted by molar-refractivity contribution is 7.14. The number of hydrogen-bond donors (Lipinski definition) is 1. The van der Waals surface area contributed by atoms with Gasteiger partial charge in [-0.1, -0.05) is 36.4 Å². The normalized spacial score (nSPS) is 13.2. The molecule has 2 aromatic heterocycles. The van der Waals surface area contributed by atoms with Crippen LogP contribution in [0.3, 0.4) is 0 Å². The molecular formula is C18H17N3O2S. The van der Waals surface area contributed by atoms with Crippen molar-refractivity contribution in [3.8, 4) is 11.4 Å². The quantitative estimate of drug-likeness (QED) is 0.770. The van der Waals surface area contributed by atoms with Gasteiger partial charge in [0, 0.05) is 18.7 Å². The lowest BCUT2D eigenvalue weighted by atomic mass is 9.95. The van der Waals surface area contributed by atoms with E-state index in [-0.39, 0.29) is 5.91 Å². The molecule has 2 heterocycles. The summed E-state index contributed by atoms with van der Waals surface area (Å²) in [6.07, 6.45) is 1.71. The number of pyridine rings is 1. The molecule has 0 aliphatic heterocycles. The van der Waals surface area contributed by atoms with Gasteiger partial charge in [0.1, 0.15) is 5.69 Å². The van der Waals surface area contributed by atoms with E-state index in [2.05, 4.69) is 15.3 Å². The van der Waals surface area contributed by atoms with Gasteiger partial charge in [0.15, 0.2) is 10.7 Å². The number of aromatic nitrogens is 2. The van der Waals surface area contributed by atoms with Gasteiger partial charge in [0.2, 0.25) is 0 Å². The van der Waals surface area contributed by atoms with Crippen molar-refractivity contribution in [3.05, 3.63) is 65.7 Å². The second-order valence-electron chi connectivity index (χ2n) is 5.31. The Kier molecular flexibility index (Phi) is 4.69. The van der Waals surface area contributed by atoms with Crippen LogP contribution in [0.4, 0.5) is 5.13 Å². The molecule has 24 heavy (non-hydrogen) atoms. The van der Waals surface area contributed by atoms with Crippen LogP contribution < -0.4 is 5.32 Å². The SMILES string of the molecule is CO[C@@](C)(C(=O)Nc1nc(-c2ccccn2)cs1)c1ccccc1. The first-order valence-corrected chi connectivity index (χ1v) is 8.30. The fraction of sp³-hybridized carbons (Fsp3) is 0.167. The summed E-state index contributed by atoms with van der Waals surface area (Å²) < 4.78 is 5.50. The lowest BCUT2D eigenvalue weighted by Gasteiger charge is -2.26.